The molecule has 0 radical (unpaired) electrons. The summed E-state index contributed by atoms with van der Waals surface area (Å²) in [5.74, 6) is 1.86. The number of rotatable bonds is 7. The average molecular weight is 518 g/mol. The van der Waals surface area contributed by atoms with E-state index in [1.54, 1.807) is 0 Å². The molecule has 1 saturated heterocycles. The minimum atomic E-state index is 0.290. The molecule has 1 aliphatic heterocycles. The van der Waals surface area contributed by atoms with Gasteiger partial charge in [0.25, 0.3) is 0 Å². The molecule has 1 unspecified atom stereocenters. The molecule has 1 aliphatic carbocycles. The van der Waals surface area contributed by atoms with E-state index in [4.69, 9.17) is 33.2 Å². The van der Waals surface area contributed by atoms with Crippen LogP contribution in [0.25, 0.3) is 11.0 Å². The average Bonchev–Trinajstić information content (AvgIpc) is 3.71. The van der Waals surface area contributed by atoms with Gasteiger partial charge in [0.15, 0.2) is 11.6 Å². The lowest BCUT2D eigenvalue weighted by atomic mass is 10.0. The second kappa shape index (κ2) is 10.3. The summed E-state index contributed by atoms with van der Waals surface area (Å²) in [7, 11) is 0. The highest BCUT2D eigenvalue weighted by Gasteiger charge is 2.31. The number of hydrogen-bond donors (Lipinski definition) is 1. The predicted octanol–water partition coefficient (Wildman–Crippen LogP) is 6.44. The van der Waals surface area contributed by atoms with Gasteiger partial charge in [0.2, 0.25) is 0 Å². The van der Waals surface area contributed by atoms with Crippen LogP contribution in [0.5, 0.6) is 0 Å². The highest BCUT2D eigenvalue weighted by atomic mass is 35.5. The number of anilines is 2. The number of nitrogens with zero attached hydrogens (tertiary/aromatic N) is 4. The molecular formula is C29H29Cl2N5. The van der Waals surface area contributed by atoms with Gasteiger partial charge in [-0.1, -0.05) is 65.7 Å². The normalized spacial score (nSPS) is 18.5. The molecule has 2 fully saturated rings. The lowest BCUT2D eigenvalue weighted by Crippen LogP contribution is -2.54. The van der Waals surface area contributed by atoms with Crippen molar-refractivity contribution in [3.8, 4) is 0 Å². The molecule has 0 spiro atoms. The van der Waals surface area contributed by atoms with Crippen LogP contribution >= 0.6 is 23.2 Å². The fraction of sp³-hybridized carbons (Fsp3) is 0.310. The summed E-state index contributed by atoms with van der Waals surface area (Å²) < 4.78 is 0. The first kappa shape index (κ1) is 23.5. The number of hydrogen-bond acceptors (Lipinski definition) is 5. The predicted molar refractivity (Wildman–Crippen MR) is 149 cm³/mol. The molecule has 184 valence electrons. The maximum Gasteiger partial charge on any atom is 0.172 e. The van der Waals surface area contributed by atoms with E-state index in [9.17, 15) is 0 Å². The molecule has 0 bridgehead atoms. The van der Waals surface area contributed by atoms with E-state index in [2.05, 4.69) is 45.4 Å². The maximum absolute atomic E-state index is 6.56. The molecule has 1 N–H and O–H groups in total. The lowest BCUT2D eigenvalue weighted by molar-refractivity contribution is 0.166. The van der Waals surface area contributed by atoms with Gasteiger partial charge < -0.3 is 10.2 Å². The SMILES string of the molecule is Clc1ccc(Cl)c(CN2CCN(c3nc4ccccc4nc3NC3CC3)CC2Cc2ccccc2)c1. The van der Waals surface area contributed by atoms with E-state index in [1.807, 2.05) is 42.5 Å². The highest BCUT2D eigenvalue weighted by molar-refractivity contribution is 6.33. The molecule has 1 atom stereocenters. The van der Waals surface area contributed by atoms with Crippen molar-refractivity contribution in [3.63, 3.8) is 0 Å². The van der Waals surface area contributed by atoms with Gasteiger partial charge in [0.1, 0.15) is 0 Å². The third kappa shape index (κ3) is 5.29. The van der Waals surface area contributed by atoms with Gasteiger partial charge in [-0.15, -0.1) is 0 Å². The zero-order valence-corrected chi connectivity index (χ0v) is 21.6. The molecule has 7 heteroatoms. The molecule has 0 amide bonds. The van der Waals surface area contributed by atoms with E-state index < -0.39 is 0 Å². The summed E-state index contributed by atoms with van der Waals surface area (Å²) in [5.41, 5.74) is 4.26. The van der Waals surface area contributed by atoms with Crippen molar-refractivity contribution in [1.29, 1.82) is 0 Å². The summed E-state index contributed by atoms with van der Waals surface area (Å²) in [4.78, 5) is 15.0. The van der Waals surface area contributed by atoms with Crippen LogP contribution in [0.1, 0.15) is 24.0 Å². The molecular weight excluding hydrogens is 489 g/mol. The Morgan fingerprint density at radius 3 is 2.39 bits per heavy atom. The van der Waals surface area contributed by atoms with Crippen LogP contribution in [-0.2, 0) is 13.0 Å². The Bertz CT molecular complexity index is 1360. The summed E-state index contributed by atoms with van der Waals surface area (Å²) in [6, 6.07) is 25.4. The summed E-state index contributed by atoms with van der Waals surface area (Å²) in [6.45, 7) is 3.40. The molecule has 1 saturated carbocycles. The fourth-order valence-corrected chi connectivity index (χ4v) is 5.36. The Hall–Kier alpha value is -2.86. The smallest absolute Gasteiger partial charge is 0.172 e. The second-order valence-electron chi connectivity index (χ2n) is 9.80. The number of para-hydroxylation sites is 2. The van der Waals surface area contributed by atoms with Crippen LogP contribution in [0.4, 0.5) is 11.6 Å². The fourth-order valence-electron chi connectivity index (χ4n) is 4.99. The van der Waals surface area contributed by atoms with Crippen LogP contribution in [-0.4, -0.2) is 46.6 Å². The minimum absolute atomic E-state index is 0.290. The first-order valence-corrected chi connectivity index (χ1v) is 13.4. The molecule has 36 heavy (non-hydrogen) atoms. The second-order valence-corrected chi connectivity index (χ2v) is 10.6. The monoisotopic (exact) mass is 517 g/mol. The molecule has 2 heterocycles. The Labute approximate surface area is 222 Å². The molecule has 3 aromatic carbocycles. The Kier molecular flexibility index (Phi) is 6.70. The number of nitrogens with one attached hydrogen (secondary N) is 1. The topological polar surface area (TPSA) is 44.3 Å². The van der Waals surface area contributed by atoms with Crippen molar-refractivity contribution < 1.29 is 0 Å². The van der Waals surface area contributed by atoms with Gasteiger partial charge in [-0.2, -0.15) is 0 Å². The molecule has 5 nitrogen and oxygen atoms in total. The first-order valence-electron chi connectivity index (χ1n) is 12.6. The minimum Gasteiger partial charge on any atom is -0.364 e. The van der Waals surface area contributed by atoms with Crippen LogP contribution in [0.3, 0.4) is 0 Å². The van der Waals surface area contributed by atoms with Crippen molar-refractivity contribution in [3.05, 3.63) is 94.0 Å². The van der Waals surface area contributed by atoms with Crippen molar-refractivity contribution >= 4 is 45.9 Å². The van der Waals surface area contributed by atoms with Crippen LogP contribution in [0.2, 0.25) is 10.0 Å². The van der Waals surface area contributed by atoms with Gasteiger partial charge in [0.05, 0.1) is 11.0 Å². The van der Waals surface area contributed by atoms with E-state index >= 15 is 0 Å². The summed E-state index contributed by atoms with van der Waals surface area (Å²) in [5, 5.41) is 5.12. The first-order chi connectivity index (χ1) is 17.6. The van der Waals surface area contributed by atoms with Crippen molar-refractivity contribution in [2.45, 2.75) is 37.9 Å². The third-order valence-electron chi connectivity index (χ3n) is 7.07. The number of fused-ring (bicyclic) bond motifs is 1. The van der Waals surface area contributed by atoms with E-state index in [0.29, 0.717) is 12.1 Å². The van der Waals surface area contributed by atoms with Gasteiger partial charge >= 0.3 is 0 Å². The van der Waals surface area contributed by atoms with Crippen molar-refractivity contribution in [1.82, 2.24) is 14.9 Å². The highest BCUT2D eigenvalue weighted by Crippen LogP contribution is 2.33. The van der Waals surface area contributed by atoms with Gasteiger partial charge in [0, 0.05) is 48.3 Å². The standard InChI is InChI=1S/C29H29Cl2N5/c30-22-10-13-25(31)21(17-22)18-35-14-15-36(19-24(35)16-20-6-2-1-3-7-20)29-28(32-23-11-12-23)33-26-8-4-5-9-27(26)34-29/h1-10,13,17,23-24H,11-12,14-16,18-19H2,(H,32,33). The third-order valence-corrected chi connectivity index (χ3v) is 7.67. The number of piperazine rings is 1. The number of aromatic nitrogens is 2. The van der Waals surface area contributed by atoms with Crippen molar-refractivity contribution in [2.24, 2.45) is 0 Å². The van der Waals surface area contributed by atoms with E-state index in [1.165, 1.54) is 18.4 Å². The van der Waals surface area contributed by atoms with Gasteiger partial charge in [-0.25, -0.2) is 9.97 Å². The molecule has 2 aliphatic rings. The Balaban J connectivity index is 1.31. The Morgan fingerprint density at radius 2 is 1.61 bits per heavy atom. The van der Waals surface area contributed by atoms with Gasteiger partial charge in [-0.3, -0.25) is 4.90 Å². The maximum atomic E-state index is 6.56. The Morgan fingerprint density at radius 1 is 0.861 bits per heavy atom. The quantitative estimate of drug-likeness (QED) is 0.305. The zero-order chi connectivity index (χ0) is 24.5. The number of halogens is 2. The van der Waals surface area contributed by atoms with Gasteiger partial charge in [-0.05, 0) is 60.7 Å². The molecule has 6 rings (SSSR count). The van der Waals surface area contributed by atoms with Crippen LogP contribution in [0, 0.1) is 0 Å². The molecule has 1 aromatic heterocycles. The van der Waals surface area contributed by atoms with Crippen LogP contribution < -0.4 is 10.2 Å². The number of benzene rings is 3. The lowest BCUT2D eigenvalue weighted by Gasteiger charge is -2.42. The molecule has 4 aromatic rings. The van der Waals surface area contributed by atoms with E-state index in [0.717, 1.165) is 70.9 Å². The van der Waals surface area contributed by atoms with E-state index in [-0.39, 0.29) is 0 Å². The summed E-state index contributed by atoms with van der Waals surface area (Å²) >= 11 is 12.9. The summed E-state index contributed by atoms with van der Waals surface area (Å²) in [6.07, 6.45) is 3.33. The van der Waals surface area contributed by atoms with Crippen molar-refractivity contribution in [2.75, 3.05) is 29.9 Å². The largest absolute Gasteiger partial charge is 0.364 e. The van der Waals surface area contributed by atoms with Crippen LogP contribution in [0.15, 0.2) is 72.8 Å². The zero-order valence-electron chi connectivity index (χ0n) is 20.1.